The molecule has 0 bridgehead atoms. The van der Waals surface area contributed by atoms with Gasteiger partial charge in [-0.3, -0.25) is 0 Å². The fourth-order valence-corrected chi connectivity index (χ4v) is 2.71. The molecule has 0 fully saturated rings. The van der Waals surface area contributed by atoms with Crippen molar-refractivity contribution < 1.29 is 4.74 Å². The highest BCUT2D eigenvalue weighted by Crippen LogP contribution is 2.36. The molecule has 0 radical (unpaired) electrons. The molecule has 0 N–H and O–H groups in total. The molecule has 0 saturated heterocycles. The Kier molecular flexibility index (Phi) is 4.07. The Morgan fingerprint density at radius 1 is 1.00 bits per heavy atom. The maximum absolute atomic E-state index is 5.98. The van der Waals surface area contributed by atoms with Gasteiger partial charge in [0.2, 0.25) is 0 Å². The van der Waals surface area contributed by atoms with Crippen LogP contribution in [0.5, 0.6) is 5.75 Å². The van der Waals surface area contributed by atoms with Gasteiger partial charge >= 0.3 is 0 Å². The van der Waals surface area contributed by atoms with Gasteiger partial charge in [0.1, 0.15) is 12.4 Å². The highest BCUT2D eigenvalue weighted by atomic mass is 16.5. The molecule has 0 aliphatic carbocycles. The first-order chi connectivity index (χ1) is 10.3. The van der Waals surface area contributed by atoms with Gasteiger partial charge in [-0.2, -0.15) is 0 Å². The minimum Gasteiger partial charge on any atom is -0.488 e. The molecular weight excluding hydrogens is 257 g/mol. The predicted octanol–water partition coefficient (Wildman–Crippen LogP) is 3.96. The van der Waals surface area contributed by atoms with Crippen LogP contribution in [0.4, 0.5) is 0 Å². The number of fused-ring (bicyclic) bond motifs is 2. The van der Waals surface area contributed by atoms with Crippen LogP contribution < -0.4 is 4.74 Å². The molecule has 108 valence electrons. The van der Waals surface area contributed by atoms with E-state index in [2.05, 4.69) is 67.5 Å². The summed E-state index contributed by atoms with van der Waals surface area (Å²) in [5, 5.41) is 0. The third-order valence-corrected chi connectivity index (χ3v) is 3.79. The van der Waals surface area contributed by atoms with Crippen LogP contribution in [-0.2, 0) is 6.61 Å². The minimum absolute atomic E-state index is 0.637. The standard InChI is InChI=1S/C19H21NO/c1-20(2)13-7-11-17-16-9-4-3-8-15(16)14-21-19-12-6-5-10-18(17)19/h3-6,8-12H,7,13-14H2,1-2H3/b17-11-/i1-1. The number of ether oxygens (including phenoxy) is 1. The third-order valence-electron chi connectivity index (χ3n) is 3.79. The van der Waals surface area contributed by atoms with Crippen molar-refractivity contribution >= 4 is 5.57 Å². The Morgan fingerprint density at radius 3 is 2.52 bits per heavy atom. The topological polar surface area (TPSA) is 12.5 Å². The zero-order valence-corrected chi connectivity index (χ0v) is 12.7. The summed E-state index contributed by atoms with van der Waals surface area (Å²) in [4.78, 5) is 2.21. The molecular formula is C19H21NO. The first kappa shape index (κ1) is 13.9. The normalized spacial score (nSPS) is 15.3. The summed E-state index contributed by atoms with van der Waals surface area (Å²) in [5.74, 6) is 0.977. The van der Waals surface area contributed by atoms with Gasteiger partial charge in [-0.25, -0.2) is 0 Å². The van der Waals surface area contributed by atoms with E-state index in [1.807, 2.05) is 6.07 Å². The SMILES string of the molecule is CN([11CH3])CC/C=C1/c2ccccc2COc2ccccc21. The predicted molar refractivity (Wildman–Crippen MR) is 87.5 cm³/mol. The molecule has 0 aromatic heterocycles. The molecule has 21 heavy (non-hydrogen) atoms. The van der Waals surface area contributed by atoms with E-state index >= 15 is 0 Å². The number of nitrogens with zero attached hydrogens (tertiary/aromatic N) is 1. The van der Waals surface area contributed by atoms with E-state index < -0.39 is 0 Å². The van der Waals surface area contributed by atoms with Gasteiger partial charge in [0.05, 0.1) is 0 Å². The van der Waals surface area contributed by atoms with Crippen LogP contribution >= 0.6 is 0 Å². The second-order valence-electron chi connectivity index (χ2n) is 5.65. The summed E-state index contributed by atoms with van der Waals surface area (Å²) in [7, 11) is 4.22. The first-order valence-corrected chi connectivity index (χ1v) is 7.41. The van der Waals surface area contributed by atoms with Crippen LogP contribution in [0.3, 0.4) is 0 Å². The Morgan fingerprint density at radius 2 is 1.71 bits per heavy atom. The van der Waals surface area contributed by atoms with Crippen LogP contribution in [-0.4, -0.2) is 25.5 Å². The molecule has 1 aliphatic rings. The van der Waals surface area contributed by atoms with Crippen LogP contribution in [0.1, 0.15) is 23.1 Å². The zero-order chi connectivity index (χ0) is 14.7. The van der Waals surface area contributed by atoms with E-state index in [0.717, 1.165) is 18.7 Å². The molecule has 0 saturated carbocycles. The molecule has 1 aliphatic heterocycles. The maximum Gasteiger partial charge on any atom is 0.127 e. The smallest absolute Gasteiger partial charge is 0.127 e. The van der Waals surface area contributed by atoms with E-state index in [-0.39, 0.29) is 0 Å². The Balaban J connectivity index is 2.07. The Bertz CT molecular complexity index is 609. The molecule has 3 rings (SSSR count). The summed E-state index contributed by atoms with van der Waals surface area (Å²) in [6.07, 6.45) is 3.37. The average Bonchev–Trinajstić information content (AvgIpc) is 2.65. The van der Waals surface area contributed by atoms with Gasteiger partial charge in [0.15, 0.2) is 0 Å². The van der Waals surface area contributed by atoms with Gasteiger partial charge in [-0.15, -0.1) is 0 Å². The summed E-state index contributed by atoms with van der Waals surface area (Å²) in [5.41, 5.74) is 5.03. The largest absolute Gasteiger partial charge is 0.488 e. The number of rotatable bonds is 3. The van der Waals surface area contributed by atoms with Crippen molar-refractivity contribution in [3.63, 3.8) is 0 Å². The summed E-state index contributed by atoms with van der Waals surface area (Å²) < 4.78 is 5.98. The number of benzene rings is 2. The average molecular weight is 278 g/mol. The minimum atomic E-state index is 0.637. The van der Waals surface area contributed by atoms with E-state index in [4.69, 9.17) is 4.74 Å². The van der Waals surface area contributed by atoms with Gasteiger partial charge < -0.3 is 9.64 Å². The van der Waals surface area contributed by atoms with Crippen molar-refractivity contribution in [2.45, 2.75) is 13.0 Å². The van der Waals surface area contributed by atoms with Crippen LogP contribution in [0.2, 0.25) is 0 Å². The van der Waals surface area contributed by atoms with Crippen molar-refractivity contribution in [1.29, 1.82) is 0 Å². The fourth-order valence-electron chi connectivity index (χ4n) is 2.71. The Hall–Kier alpha value is -2.06. The molecule has 2 heteroatoms. The molecule has 2 aromatic rings. The lowest BCUT2D eigenvalue weighted by Crippen LogP contribution is -2.12. The number of para-hydroxylation sites is 1. The van der Waals surface area contributed by atoms with Gasteiger partial charge in [-0.05, 0) is 43.3 Å². The van der Waals surface area contributed by atoms with E-state index in [0.29, 0.717) is 6.61 Å². The van der Waals surface area contributed by atoms with Crippen molar-refractivity contribution in [1.82, 2.24) is 4.90 Å². The number of hydrogen-bond donors (Lipinski definition) is 0. The molecule has 2 aromatic carbocycles. The van der Waals surface area contributed by atoms with Gasteiger partial charge in [0, 0.05) is 12.1 Å². The van der Waals surface area contributed by atoms with Gasteiger partial charge in [0.25, 0.3) is 0 Å². The lowest BCUT2D eigenvalue weighted by Gasteiger charge is -2.12. The van der Waals surface area contributed by atoms with Crippen molar-refractivity contribution in [3.8, 4) is 5.75 Å². The molecule has 0 spiro atoms. The monoisotopic (exact) mass is 278 g/mol. The van der Waals surface area contributed by atoms with Gasteiger partial charge in [-0.1, -0.05) is 48.5 Å². The highest BCUT2D eigenvalue weighted by Gasteiger charge is 2.17. The molecule has 0 unspecified atom stereocenters. The summed E-state index contributed by atoms with van der Waals surface area (Å²) >= 11 is 0. The number of hydrogen-bond acceptors (Lipinski definition) is 2. The fraction of sp³-hybridized carbons (Fsp3) is 0.263. The van der Waals surface area contributed by atoms with E-state index in [1.54, 1.807) is 0 Å². The second-order valence-corrected chi connectivity index (χ2v) is 5.65. The van der Waals surface area contributed by atoms with E-state index in [1.165, 1.54) is 22.3 Å². The van der Waals surface area contributed by atoms with E-state index in [9.17, 15) is 0 Å². The van der Waals surface area contributed by atoms with Crippen LogP contribution in [0, 0.1) is 0 Å². The molecule has 1 heterocycles. The maximum atomic E-state index is 5.98. The molecule has 2 nitrogen and oxygen atoms in total. The molecule has 0 amide bonds. The van der Waals surface area contributed by atoms with Crippen LogP contribution in [0.15, 0.2) is 54.6 Å². The second kappa shape index (κ2) is 6.15. The van der Waals surface area contributed by atoms with Crippen molar-refractivity contribution in [2.75, 3.05) is 20.6 Å². The third kappa shape index (κ3) is 3.01. The summed E-state index contributed by atoms with van der Waals surface area (Å²) in [6.45, 7) is 1.69. The lowest BCUT2D eigenvalue weighted by molar-refractivity contribution is 0.307. The van der Waals surface area contributed by atoms with Crippen molar-refractivity contribution in [2.24, 2.45) is 0 Å². The molecule has 0 atom stereocenters. The van der Waals surface area contributed by atoms with Crippen LogP contribution in [0.25, 0.3) is 5.57 Å². The summed E-state index contributed by atoms with van der Waals surface area (Å²) in [6, 6.07) is 16.9. The first-order valence-electron chi connectivity index (χ1n) is 7.41. The highest BCUT2D eigenvalue weighted by molar-refractivity contribution is 5.84. The zero-order valence-electron chi connectivity index (χ0n) is 12.7. The quantitative estimate of drug-likeness (QED) is 0.842. The Labute approximate surface area is 126 Å². The lowest BCUT2D eigenvalue weighted by atomic mass is 9.93. The van der Waals surface area contributed by atoms with Crippen molar-refractivity contribution in [3.05, 3.63) is 71.3 Å².